The highest BCUT2D eigenvalue weighted by Gasteiger charge is 2.62. The molecule has 0 bridgehead atoms. The molecule has 3 atom stereocenters. The molecule has 1 fully saturated rings. The van der Waals surface area contributed by atoms with Gasteiger partial charge in [0.2, 0.25) is 8.32 Å². The van der Waals surface area contributed by atoms with Crippen molar-refractivity contribution in [2.45, 2.75) is 94.7 Å². The topological polar surface area (TPSA) is 60.4 Å². The van der Waals surface area contributed by atoms with E-state index in [1.54, 1.807) is 30.3 Å². The third-order valence-corrected chi connectivity index (χ3v) is 17.0. The lowest BCUT2D eigenvalue weighted by Crippen LogP contribution is -2.54. The van der Waals surface area contributed by atoms with Crippen LogP contribution in [-0.4, -0.2) is 33.9 Å². The second-order valence-corrected chi connectivity index (χ2v) is 19.9. The number of Topliss-reactive ketones (excluding diaryl/α,β-unsaturated/α-hetero) is 1. The Kier molecular flexibility index (Phi) is 7.52. The van der Waals surface area contributed by atoms with E-state index < -0.39 is 29.3 Å². The predicted molar refractivity (Wildman–Crippen MR) is 154 cm³/mol. The molecule has 4 nitrogen and oxygen atoms in total. The van der Waals surface area contributed by atoms with Crippen LogP contribution in [0.3, 0.4) is 0 Å². The van der Waals surface area contributed by atoms with Gasteiger partial charge in [0.05, 0.1) is 11.0 Å². The summed E-state index contributed by atoms with van der Waals surface area (Å²) < 4.78 is 35.8. The maximum Gasteiger partial charge on any atom is 0.200 e. The molecule has 2 aromatic rings. The van der Waals surface area contributed by atoms with Gasteiger partial charge in [0.15, 0.2) is 15.6 Å². The minimum Gasteiger partial charge on any atom is -0.412 e. The predicted octanol–water partition coefficient (Wildman–Crippen LogP) is 7.47. The molecule has 2 aromatic carbocycles. The van der Waals surface area contributed by atoms with Gasteiger partial charge in [0.25, 0.3) is 0 Å². The molecular formula is C31H42O4SSi. The molecule has 4 rings (SSSR count). The number of fused-ring (bicyclic) bond motifs is 1. The maximum absolute atomic E-state index is 14.2. The summed E-state index contributed by atoms with van der Waals surface area (Å²) >= 11 is 0. The first-order valence-electron chi connectivity index (χ1n) is 13.6. The third kappa shape index (κ3) is 4.49. The van der Waals surface area contributed by atoms with Gasteiger partial charge in [-0.15, -0.1) is 0 Å². The number of carbonyl (C=O) groups is 1. The van der Waals surface area contributed by atoms with E-state index >= 15 is 0 Å². The Morgan fingerprint density at radius 1 is 0.838 bits per heavy atom. The highest BCUT2D eigenvalue weighted by molar-refractivity contribution is 7.93. The summed E-state index contributed by atoms with van der Waals surface area (Å²) in [6.45, 7) is 17.9. The molecule has 0 amide bonds. The Morgan fingerprint density at radius 2 is 1.32 bits per heavy atom. The lowest BCUT2D eigenvalue weighted by Gasteiger charge is -2.48. The molecule has 0 heterocycles. The highest BCUT2D eigenvalue weighted by atomic mass is 32.2. The zero-order valence-electron chi connectivity index (χ0n) is 23.5. The van der Waals surface area contributed by atoms with Crippen LogP contribution in [0, 0.1) is 11.3 Å². The van der Waals surface area contributed by atoms with Gasteiger partial charge in [0, 0.05) is 11.5 Å². The normalized spacial score (nSPS) is 24.0. The third-order valence-electron chi connectivity index (χ3n) is 8.80. The number of rotatable bonds is 8. The van der Waals surface area contributed by atoms with Crippen molar-refractivity contribution in [3.8, 4) is 0 Å². The molecule has 200 valence electrons. The van der Waals surface area contributed by atoms with E-state index in [1.165, 1.54) is 0 Å². The molecule has 0 saturated heterocycles. The van der Waals surface area contributed by atoms with E-state index in [-0.39, 0.29) is 22.2 Å². The average molecular weight is 539 g/mol. The lowest BCUT2D eigenvalue weighted by molar-refractivity contribution is -0.114. The van der Waals surface area contributed by atoms with Crippen LogP contribution < -0.4 is 0 Å². The van der Waals surface area contributed by atoms with Crippen LogP contribution in [0.5, 0.6) is 0 Å². The largest absolute Gasteiger partial charge is 0.412 e. The summed E-state index contributed by atoms with van der Waals surface area (Å²) in [5, 5.41) is -1.18. The van der Waals surface area contributed by atoms with Crippen LogP contribution >= 0.6 is 0 Å². The minimum absolute atomic E-state index is 0.200. The van der Waals surface area contributed by atoms with E-state index in [2.05, 4.69) is 55.4 Å². The number of hydrogen-bond acceptors (Lipinski definition) is 4. The zero-order valence-corrected chi connectivity index (χ0v) is 25.3. The Labute approximate surface area is 224 Å². The summed E-state index contributed by atoms with van der Waals surface area (Å²) in [6, 6.07) is 18.0. The molecule has 2 aliphatic carbocycles. The van der Waals surface area contributed by atoms with Gasteiger partial charge in [-0.2, -0.15) is 0 Å². The molecule has 0 N–H and O–H groups in total. The van der Waals surface area contributed by atoms with Crippen LogP contribution in [0.1, 0.15) is 67.4 Å². The maximum atomic E-state index is 14.2. The van der Waals surface area contributed by atoms with Crippen LogP contribution in [0.25, 0.3) is 5.57 Å². The first kappa shape index (κ1) is 28.0. The first-order chi connectivity index (χ1) is 17.3. The number of ketones is 1. The van der Waals surface area contributed by atoms with Gasteiger partial charge in [-0.05, 0) is 46.2 Å². The van der Waals surface area contributed by atoms with Gasteiger partial charge in [-0.25, -0.2) is 8.42 Å². The molecule has 0 unspecified atom stereocenters. The number of carbonyl (C=O) groups excluding carboxylic acids is 1. The Hall–Kier alpha value is -2.02. The molecule has 0 aromatic heterocycles. The van der Waals surface area contributed by atoms with Crippen molar-refractivity contribution in [2.24, 2.45) is 11.3 Å². The summed E-state index contributed by atoms with van der Waals surface area (Å²) in [7, 11) is -6.30. The van der Waals surface area contributed by atoms with Crippen LogP contribution in [0.15, 0.2) is 71.1 Å². The average Bonchev–Trinajstić information content (AvgIpc) is 3.24. The Morgan fingerprint density at radius 3 is 1.81 bits per heavy atom. The van der Waals surface area contributed by atoms with Crippen molar-refractivity contribution in [1.82, 2.24) is 0 Å². The lowest BCUT2D eigenvalue weighted by atomic mass is 9.85. The van der Waals surface area contributed by atoms with Crippen LogP contribution in [0.4, 0.5) is 0 Å². The summed E-state index contributed by atoms with van der Waals surface area (Å²) in [5.74, 6) is -0.781. The molecule has 1 saturated carbocycles. The monoisotopic (exact) mass is 538 g/mol. The van der Waals surface area contributed by atoms with E-state index in [9.17, 15) is 13.2 Å². The number of hydrogen-bond donors (Lipinski definition) is 0. The van der Waals surface area contributed by atoms with Gasteiger partial charge in [-0.1, -0.05) is 109 Å². The van der Waals surface area contributed by atoms with Crippen molar-refractivity contribution < 1.29 is 17.6 Å². The fraction of sp³-hybridized carbons (Fsp3) is 0.516. The molecule has 0 radical (unpaired) electrons. The van der Waals surface area contributed by atoms with Crippen molar-refractivity contribution in [1.29, 1.82) is 0 Å². The van der Waals surface area contributed by atoms with E-state index in [0.717, 1.165) is 11.1 Å². The smallest absolute Gasteiger partial charge is 0.200 e. The van der Waals surface area contributed by atoms with Gasteiger partial charge >= 0.3 is 0 Å². The minimum atomic E-state index is -3.94. The van der Waals surface area contributed by atoms with Crippen molar-refractivity contribution in [3.05, 3.63) is 71.8 Å². The van der Waals surface area contributed by atoms with Gasteiger partial charge < -0.3 is 4.43 Å². The molecule has 6 heteroatoms. The number of sulfone groups is 1. The molecule has 2 aliphatic rings. The Balaban J connectivity index is 1.95. The van der Waals surface area contributed by atoms with E-state index in [1.807, 2.05) is 30.3 Å². The summed E-state index contributed by atoms with van der Waals surface area (Å²) in [4.78, 5) is 14.4. The molecule has 0 aliphatic heterocycles. The van der Waals surface area contributed by atoms with Crippen molar-refractivity contribution in [3.63, 3.8) is 0 Å². The molecular weight excluding hydrogens is 496 g/mol. The van der Waals surface area contributed by atoms with E-state index in [4.69, 9.17) is 4.43 Å². The highest BCUT2D eigenvalue weighted by Crippen LogP contribution is 2.59. The summed E-state index contributed by atoms with van der Waals surface area (Å²) in [6.07, 6.45) is 0.299. The summed E-state index contributed by atoms with van der Waals surface area (Å²) in [5.41, 5.74) is 3.09. The second-order valence-electron chi connectivity index (χ2n) is 12.5. The van der Waals surface area contributed by atoms with Gasteiger partial charge in [0.1, 0.15) is 5.25 Å². The van der Waals surface area contributed by atoms with Crippen molar-refractivity contribution in [2.75, 3.05) is 0 Å². The first-order valence-corrected chi connectivity index (χ1v) is 17.2. The fourth-order valence-electron chi connectivity index (χ4n) is 7.32. The SMILES string of the molecule is CC(C)[Si](O[C@H]1[C@H]2C(=C(c3ccccc3)C(=O)[C@@H]2S(=O)(=O)c2ccccc2)CC1(C)C)(C(C)C)C(C)C. The number of benzene rings is 2. The number of allylic oxidation sites excluding steroid dienone is 1. The quantitative estimate of drug-likeness (QED) is 0.327. The fourth-order valence-corrected chi connectivity index (χ4v) is 15.0. The molecule has 37 heavy (non-hydrogen) atoms. The molecule has 0 spiro atoms. The van der Waals surface area contributed by atoms with E-state index in [0.29, 0.717) is 28.6 Å². The standard InChI is InChI=1S/C31H42O4SSi/c1-20(2)37(21(3)4,22(5)6)35-30-27-25(19-31(30,7)8)26(23-15-11-9-12-16-23)28(32)29(27)36(33,34)24-17-13-10-14-18-24/h9-18,20-22,27,29-30H,19H2,1-8H3/t27-,29+,30-/m0/s1. The van der Waals surface area contributed by atoms with Crippen molar-refractivity contribution >= 4 is 29.5 Å². The second kappa shape index (κ2) is 9.94. The zero-order chi connectivity index (χ0) is 27.3. The van der Waals surface area contributed by atoms with Crippen LogP contribution in [0.2, 0.25) is 16.6 Å². The van der Waals surface area contributed by atoms with Gasteiger partial charge in [-0.3, -0.25) is 4.79 Å². The Bertz CT molecular complexity index is 1260. The van der Waals surface area contributed by atoms with Crippen LogP contribution in [-0.2, 0) is 19.1 Å².